The van der Waals surface area contributed by atoms with Gasteiger partial charge in [-0.05, 0) is 38.6 Å². The second-order valence-electron chi connectivity index (χ2n) is 4.95. The predicted octanol–water partition coefficient (Wildman–Crippen LogP) is 1.32. The van der Waals surface area contributed by atoms with E-state index in [2.05, 4.69) is 16.7 Å². The average molecular weight is 253 g/mol. The van der Waals surface area contributed by atoms with E-state index in [1.54, 1.807) is 5.57 Å². The minimum atomic E-state index is 0.0971. The van der Waals surface area contributed by atoms with E-state index in [0.717, 1.165) is 25.9 Å². The van der Waals surface area contributed by atoms with Gasteiger partial charge >= 0.3 is 0 Å². The lowest BCUT2D eigenvalue weighted by molar-refractivity contribution is -0.121. The van der Waals surface area contributed by atoms with Crippen LogP contribution in [0.2, 0.25) is 0 Å². The standard InChI is InChI=1S/C14H27N3O/c1-2-8-17-14(18)10-13(11-15)16-9-7-12-5-3-4-6-12/h5,13,16H,2-4,6-11,15H2,1H3,(H,17,18). The highest BCUT2D eigenvalue weighted by molar-refractivity contribution is 5.76. The molecule has 1 atom stereocenters. The maximum Gasteiger partial charge on any atom is 0.221 e. The minimum Gasteiger partial charge on any atom is -0.356 e. The monoisotopic (exact) mass is 253 g/mol. The van der Waals surface area contributed by atoms with Crippen LogP contribution in [-0.2, 0) is 4.79 Å². The second-order valence-corrected chi connectivity index (χ2v) is 4.95. The number of hydrogen-bond acceptors (Lipinski definition) is 3. The molecule has 0 aromatic carbocycles. The van der Waals surface area contributed by atoms with Gasteiger partial charge in [0.1, 0.15) is 0 Å². The van der Waals surface area contributed by atoms with Crippen LogP contribution in [0.15, 0.2) is 11.6 Å². The van der Waals surface area contributed by atoms with Crippen LogP contribution >= 0.6 is 0 Å². The van der Waals surface area contributed by atoms with Crippen LogP contribution in [0.1, 0.15) is 45.4 Å². The molecule has 0 aromatic heterocycles. The number of hydrogen-bond donors (Lipinski definition) is 3. The molecule has 0 radical (unpaired) electrons. The lowest BCUT2D eigenvalue weighted by Crippen LogP contribution is -2.41. The van der Waals surface area contributed by atoms with Gasteiger partial charge in [-0.3, -0.25) is 4.79 Å². The number of amides is 1. The molecule has 0 heterocycles. The summed E-state index contributed by atoms with van der Waals surface area (Å²) in [6, 6.07) is 0.101. The molecular formula is C14H27N3O. The predicted molar refractivity (Wildman–Crippen MR) is 75.3 cm³/mol. The number of nitrogens with two attached hydrogens (primary N) is 1. The van der Waals surface area contributed by atoms with Gasteiger partial charge in [0, 0.05) is 25.6 Å². The Morgan fingerprint density at radius 1 is 1.50 bits per heavy atom. The highest BCUT2D eigenvalue weighted by Crippen LogP contribution is 2.19. The molecule has 4 N–H and O–H groups in total. The van der Waals surface area contributed by atoms with Gasteiger partial charge in [-0.1, -0.05) is 18.6 Å². The van der Waals surface area contributed by atoms with Gasteiger partial charge < -0.3 is 16.4 Å². The van der Waals surface area contributed by atoms with E-state index >= 15 is 0 Å². The van der Waals surface area contributed by atoms with Crippen LogP contribution in [0, 0.1) is 0 Å². The Morgan fingerprint density at radius 3 is 2.94 bits per heavy atom. The normalized spacial score (nSPS) is 16.4. The Hall–Kier alpha value is -0.870. The maximum atomic E-state index is 11.6. The van der Waals surface area contributed by atoms with Crippen molar-refractivity contribution in [2.45, 2.75) is 51.5 Å². The molecule has 0 spiro atoms. The molecule has 4 nitrogen and oxygen atoms in total. The van der Waals surface area contributed by atoms with E-state index in [4.69, 9.17) is 5.73 Å². The third-order valence-corrected chi connectivity index (χ3v) is 3.30. The molecule has 18 heavy (non-hydrogen) atoms. The Labute approximate surface area is 110 Å². The maximum absolute atomic E-state index is 11.6. The van der Waals surface area contributed by atoms with Crippen molar-refractivity contribution in [3.8, 4) is 0 Å². The lowest BCUT2D eigenvalue weighted by atomic mass is 10.1. The first-order valence-electron chi connectivity index (χ1n) is 7.14. The first kappa shape index (κ1) is 15.2. The van der Waals surface area contributed by atoms with Gasteiger partial charge in [0.15, 0.2) is 0 Å². The molecule has 0 saturated heterocycles. The van der Waals surface area contributed by atoms with Crippen molar-refractivity contribution < 1.29 is 4.79 Å². The number of carbonyl (C=O) groups excluding carboxylic acids is 1. The molecule has 0 saturated carbocycles. The van der Waals surface area contributed by atoms with Gasteiger partial charge in [0.05, 0.1) is 0 Å². The zero-order chi connectivity index (χ0) is 13.2. The van der Waals surface area contributed by atoms with Gasteiger partial charge in [-0.25, -0.2) is 0 Å². The smallest absolute Gasteiger partial charge is 0.221 e. The SMILES string of the molecule is CCCNC(=O)CC(CN)NCCC1=CCCC1. The fourth-order valence-corrected chi connectivity index (χ4v) is 2.20. The number of carbonyl (C=O) groups is 1. The molecule has 1 amide bonds. The minimum absolute atomic E-state index is 0.0971. The second kappa shape index (κ2) is 9.11. The summed E-state index contributed by atoms with van der Waals surface area (Å²) in [5.74, 6) is 0.0971. The van der Waals surface area contributed by atoms with Crippen molar-refractivity contribution in [3.63, 3.8) is 0 Å². The Morgan fingerprint density at radius 2 is 2.33 bits per heavy atom. The Balaban J connectivity index is 2.14. The summed E-state index contributed by atoms with van der Waals surface area (Å²) in [7, 11) is 0. The van der Waals surface area contributed by atoms with Crippen LogP contribution in [0.4, 0.5) is 0 Å². The van der Waals surface area contributed by atoms with Gasteiger partial charge in [0.25, 0.3) is 0 Å². The zero-order valence-corrected chi connectivity index (χ0v) is 11.5. The molecule has 1 aliphatic carbocycles. The van der Waals surface area contributed by atoms with Crippen molar-refractivity contribution in [2.75, 3.05) is 19.6 Å². The topological polar surface area (TPSA) is 67.2 Å². The third-order valence-electron chi connectivity index (χ3n) is 3.30. The Bertz CT molecular complexity index is 276. The summed E-state index contributed by atoms with van der Waals surface area (Å²) < 4.78 is 0. The highest BCUT2D eigenvalue weighted by Gasteiger charge is 2.11. The van der Waals surface area contributed by atoms with E-state index in [0.29, 0.717) is 13.0 Å². The summed E-state index contributed by atoms with van der Waals surface area (Å²) in [6.45, 7) is 4.24. The largest absolute Gasteiger partial charge is 0.356 e. The van der Waals surface area contributed by atoms with Crippen molar-refractivity contribution in [3.05, 3.63) is 11.6 Å². The molecular weight excluding hydrogens is 226 g/mol. The van der Waals surface area contributed by atoms with Crippen LogP contribution in [0.25, 0.3) is 0 Å². The molecule has 1 rings (SSSR count). The van der Waals surface area contributed by atoms with Crippen molar-refractivity contribution in [1.82, 2.24) is 10.6 Å². The Kier molecular flexibility index (Phi) is 7.69. The highest BCUT2D eigenvalue weighted by atomic mass is 16.1. The summed E-state index contributed by atoms with van der Waals surface area (Å²) >= 11 is 0. The summed E-state index contributed by atoms with van der Waals surface area (Å²) in [5, 5.41) is 6.26. The molecule has 0 fully saturated rings. The number of allylic oxidation sites excluding steroid dienone is 1. The molecule has 0 aliphatic heterocycles. The first-order chi connectivity index (χ1) is 8.76. The van der Waals surface area contributed by atoms with E-state index in [9.17, 15) is 4.79 Å². The average Bonchev–Trinajstić information content (AvgIpc) is 2.88. The summed E-state index contributed by atoms with van der Waals surface area (Å²) in [6.07, 6.45) is 8.66. The fraction of sp³-hybridized carbons (Fsp3) is 0.786. The van der Waals surface area contributed by atoms with Crippen LogP contribution < -0.4 is 16.4 Å². The third kappa shape index (κ3) is 6.17. The van der Waals surface area contributed by atoms with Crippen LogP contribution in [0.3, 0.4) is 0 Å². The molecule has 1 unspecified atom stereocenters. The quantitative estimate of drug-likeness (QED) is 0.543. The van der Waals surface area contributed by atoms with E-state index in [1.807, 2.05) is 6.92 Å². The van der Waals surface area contributed by atoms with Crippen LogP contribution in [-0.4, -0.2) is 31.6 Å². The summed E-state index contributed by atoms with van der Waals surface area (Å²) in [4.78, 5) is 11.6. The lowest BCUT2D eigenvalue weighted by Gasteiger charge is -2.16. The summed E-state index contributed by atoms with van der Waals surface area (Å²) in [5.41, 5.74) is 7.24. The fourth-order valence-electron chi connectivity index (χ4n) is 2.20. The zero-order valence-electron chi connectivity index (χ0n) is 11.5. The van der Waals surface area contributed by atoms with Gasteiger partial charge in [0.2, 0.25) is 5.91 Å². The van der Waals surface area contributed by atoms with Gasteiger partial charge in [-0.2, -0.15) is 0 Å². The van der Waals surface area contributed by atoms with Gasteiger partial charge in [-0.15, -0.1) is 0 Å². The van der Waals surface area contributed by atoms with Crippen LogP contribution in [0.5, 0.6) is 0 Å². The molecule has 4 heteroatoms. The molecule has 0 bridgehead atoms. The van der Waals surface area contributed by atoms with E-state index < -0.39 is 0 Å². The van der Waals surface area contributed by atoms with E-state index in [1.165, 1.54) is 19.3 Å². The molecule has 104 valence electrons. The number of nitrogens with one attached hydrogen (secondary N) is 2. The first-order valence-corrected chi connectivity index (χ1v) is 7.14. The van der Waals surface area contributed by atoms with Crippen molar-refractivity contribution >= 4 is 5.91 Å². The van der Waals surface area contributed by atoms with Crippen molar-refractivity contribution in [2.24, 2.45) is 5.73 Å². The van der Waals surface area contributed by atoms with Crippen molar-refractivity contribution in [1.29, 1.82) is 0 Å². The number of rotatable bonds is 9. The van der Waals surface area contributed by atoms with E-state index in [-0.39, 0.29) is 11.9 Å². The molecule has 0 aromatic rings. The molecule has 1 aliphatic rings.